The maximum absolute atomic E-state index is 8.88. The van der Waals surface area contributed by atoms with E-state index in [1.807, 2.05) is 0 Å². The highest BCUT2D eigenvalue weighted by Gasteiger charge is 2.13. The predicted molar refractivity (Wildman–Crippen MR) is 44.1 cm³/mol. The van der Waals surface area contributed by atoms with Crippen molar-refractivity contribution in [3.8, 4) is 6.07 Å². The van der Waals surface area contributed by atoms with E-state index in [1.54, 1.807) is 12.2 Å². The number of aliphatic hydroxyl groups is 2. The molecule has 0 aromatic carbocycles. The minimum Gasteiger partial charge on any atom is -0.392 e. The van der Waals surface area contributed by atoms with Crippen LogP contribution in [0.25, 0.3) is 0 Å². The first-order valence-electron chi connectivity index (χ1n) is 3.83. The van der Waals surface area contributed by atoms with E-state index in [0.29, 0.717) is 12.0 Å². The summed E-state index contributed by atoms with van der Waals surface area (Å²) in [6, 6.07) is 2.10. The van der Waals surface area contributed by atoms with Gasteiger partial charge in [-0.15, -0.1) is 0 Å². The topological polar surface area (TPSA) is 64.2 Å². The van der Waals surface area contributed by atoms with Crippen molar-refractivity contribution in [2.24, 2.45) is 5.92 Å². The highest BCUT2D eigenvalue weighted by molar-refractivity contribution is 5.36. The Kier molecular flexibility index (Phi) is 3.03. The predicted octanol–water partition coefficient (Wildman–Crippen LogP) is 0.367. The van der Waals surface area contributed by atoms with Crippen molar-refractivity contribution in [1.29, 1.82) is 5.26 Å². The quantitative estimate of drug-likeness (QED) is 0.621. The van der Waals surface area contributed by atoms with Crippen molar-refractivity contribution in [2.75, 3.05) is 13.2 Å². The fourth-order valence-electron chi connectivity index (χ4n) is 1.23. The molecule has 64 valence electrons. The molecule has 0 spiro atoms. The van der Waals surface area contributed by atoms with E-state index in [-0.39, 0.29) is 19.1 Å². The molecule has 1 aliphatic carbocycles. The molecule has 3 nitrogen and oxygen atoms in total. The Hall–Kier alpha value is -1.11. The standard InChI is InChI=1S/C9H11NO2/c10-4-7-1-2-8(5-11)9(3-7)6-12/h2-3,7,11-12H,1,5-6H2. The van der Waals surface area contributed by atoms with E-state index in [2.05, 4.69) is 6.07 Å². The van der Waals surface area contributed by atoms with E-state index < -0.39 is 0 Å². The maximum atomic E-state index is 8.88. The largest absolute Gasteiger partial charge is 0.392 e. The molecule has 3 heteroatoms. The molecule has 12 heavy (non-hydrogen) atoms. The van der Waals surface area contributed by atoms with Gasteiger partial charge in [-0.25, -0.2) is 0 Å². The van der Waals surface area contributed by atoms with E-state index in [1.165, 1.54) is 0 Å². The fraction of sp³-hybridized carbons (Fsp3) is 0.444. The van der Waals surface area contributed by atoms with E-state index in [4.69, 9.17) is 15.5 Å². The fourth-order valence-corrected chi connectivity index (χ4v) is 1.23. The second-order valence-electron chi connectivity index (χ2n) is 2.71. The molecule has 0 aliphatic heterocycles. The number of hydrogen-bond donors (Lipinski definition) is 2. The van der Waals surface area contributed by atoms with Gasteiger partial charge in [0, 0.05) is 0 Å². The van der Waals surface area contributed by atoms with Gasteiger partial charge in [-0.1, -0.05) is 12.2 Å². The number of nitrogens with zero attached hydrogens (tertiary/aromatic N) is 1. The van der Waals surface area contributed by atoms with Crippen molar-refractivity contribution >= 4 is 0 Å². The summed E-state index contributed by atoms with van der Waals surface area (Å²) >= 11 is 0. The highest BCUT2D eigenvalue weighted by Crippen LogP contribution is 2.21. The number of nitriles is 1. The van der Waals surface area contributed by atoms with Gasteiger partial charge in [0.05, 0.1) is 25.2 Å². The lowest BCUT2D eigenvalue weighted by Gasteiger charge is -2.14. The molecule has 1 aliphatic rings. The van der Waals surface area contributed by atoms with Crippen LogP contribution in [0.2, 0.25) is 0 Å². The average molecular weight is 165 g/mol. The molecular formula is C9H11NO2. The van der Waals surface area contributed by atoms with E-state index in [9.17, 15) is 0 Å². The van der Waals surface area contributed by atoms with Crippen LogP contribution in [-0.2, 0) is 0 Å². The van der Waals surface area contributed by atoms with Crippen molar-refractivity contribution < 1.29 is 10.2 Å². The molecular weight excluding hydrogens is 154 g/mol. The smallest absolute Gasteiger partial charge is 0.0701 e. The molecule has 2 N–H and O–H groups in total. The Morgan fingerprint density at radius 3 is 2.58 bits per heavy atom. The average Bonchev–Trinajstić information content (AvgIpc) is 2.16. The van der Waals surface area contributed by atoms with Gasteiger partial charge in [0.25, 0.3) is 0 Å². The van der Waals surface area contributed by atoms with Gasteiger partial charge in [0.2, 0.25) is 0 Å². The van der Waals surface area contributed by atoms with Gasteiger partial charge >= 0.3 is 0 Å². The zero-order valence-corrected chi connectivity index (χ0v) is 6.70. The summed E-state index contributed by atoms with van der Waals surface area (Å²) in [7, 11) is 0. The van der Waals surface area contributed by atoms with Crippen molar-refractivity contribution in [1.82, 2.24) is 0 Å². The first kappa shape index (κ1) is 8.98. The van der Waals surface area contributed by atoms with Crippen molar-refractivity contribution in [3.05, 3.63) is 23.3 Å². The van der Waals surface area contributed by atoms with Gasteiger partial charge < -0.3 is 10.2 Å². The molecule has 0 bridgehead atoms. The van der Waals surface area contributed by atoms with Crippen LogP contribution in [0.15, 0.2) is 23.3 Å². The van der Waals surface area contributed by atoms with Gasteiger partial charge in [-0.05, 0) is 17.6 Å². The van der Waals surface area contributed by atoms with Crippen LogP contribution in [0.1, 0.15) is 6.42 Å². The molecule has 0 fully saturated rings. The lowest BCUT2D eigenvalue weighted by atomic mass is 9.92. The SMILES string of the molecule is N#CC1C=C(CO)C(CO)=CC1. The normalized spacial score (nSPS) is 22.6. The number of hydrogen-bond acceptors (Lipinski definition) is 3. The molecule has 0 heterocycles. The molecule has 0 radical (unpaired) electrons. The van der Waals surface area contributed by atoms with Crippen LogP contribution in [-0.4, -0.2) is 23.4 Å². The van der Waals surface area contributed by atoms with Gasteiger partial charge in [0.15, 0.2) is 0 Å². The second kappa shape index (κ2) is 4.05. The Balaban J connectivity index is 2.80. The monoisotopic (exact) mass is 165 g/mol. The summed E-state index contributed by atoms with van der Waals surface area (Å²) in [5.74, 6) is -0.151. The first-order valence-corrected chi connectivity index (χ1v) is 3.83. The van der Waals surface area contributed by atoms with Gasteiger partial charge in [-0.2, -0.15) is 5.26 Å². The minimum absolute atomic E-state index is 0.0649. The summed E-state index contributed by atoms with van der Waals surface area (Å²) in [6.07, 6.45) is 4.15. The highest BCUT2D eigenvalue weighted by atomic mass is 16.3. The van der Waals surface area contributed by atoms with E-state index in [0.717, 1.165) is 5.57 Å². The Labute approximate surface area is 71.3 Å². The van der Waals surface area contributed by atoms with Crippen LogP contribution >= 0.6 is 0 Å². The summed E-state index contributed by atoms with van der Waals surface area (Å²) in [6.45, 7) is -0.172. The lowest BCUT2D eigenvalue weighted by molar-refractivity contribution is 0.308. The number of rotatable bonds is 2. The third kappa shape index (κ3) is 1.73. The summed E-state index contributed by atoms with van der Waals surface area (Å²) < 4.78 is 0. The van der Waals surface area contributed by atoms with Crippen LogP contribution in [0.5, 0.6) is 0 Å². The third-order valence-corrected chi connectivity index (χ3v) is 1.94. The Bertz CT molecular complexity index is 260. The second-order valence-corrected chi connectivity index (χ2v) is 2.71. The van der Waals surface area contributed by atoms with Gasteiger partial charge in [-0.3, -0.25) is 0 Å². The molecule has 1 rings (SSSR count). The summed E-state index contributed by atoms with van der Waals surface area (Å²) in [5.41, 5.74) is 1.42. The minimum atomic E-state index is -0.151. The zero-order valence-electron chi connectivity index (χ0n) is 6.70. The summed E-state index contributed by atoms with van der Waals surface area (Å²) in [4.78, 5) is 0. The van der Waals surface area contributed by atoms with Crippen LogP contribution in [0, 0.1) is 17.2 Å². The third-order valence-electron chi connectivity index (χ3n) is 1.94. The number of aliphatic hydroxyl groups excluding tert-OH is 2. The molecule has 1 unspecified atom stereocenters. The molecule has 0 aromatic rings. The zero-order chi connectivity index (χ0) is 8.97. The lowest BCUT2D eigenvalue weighted by Crippen LogP contribution is -2.08. The molecule has 0 amide bonds. The van der Waals surface area contributed by atoms with E-state index >= 15 is 0 Å². The summed E-state index contributed by atoms with van der Waals surface area (Å²) in [5, 5.41) is 26.3. The van der Waals surface area contributed by atoms with Gasteiger partial charge in [0.1, 0.15) is 0 Å². The molecule has 0 saturated carbocycles. The first-order chi connectivity index (χ1) is 5.81. The molecule has 1 atom stereocenters. The van der Waals surface area contributed by atoms with Crippen LogP contribution in [0.3, 0.4) is 0 Å². The van der Waals surface area contributed by atoms with Crippen molar-refractivity contribution in [2.45, 2.75) is 6.42 Å². The Morgan fingerprint density at radius 1 is 1.42 bits per heavy atom. The Morgan fingerprint density at radius 2 is 2.08 bits per heavy atom. The molecule has 0 aromatic heterocycles. The molecule has 0 saturated heterocycles. The van der Waals surface area contributed by atoms with Crippen LogP contribution in [0.4, 0.5) is 0 Å². The van der Waals surface area contributed by atoms with Crippen molar-refractivity contribution in [3.63, 3.8) is 0 Å². The maximum Gasteiger partial charge on any atom is 0.0701 e. The number of allylic oxidation sites excluding steroid dienone is 2. The van der Waals surface area contributed by atoms with Crippen LogP contribution < -0.4 is 0 Å².